The summed E-state index contributed by atoms with van der Waals surface area (Å²) in [6.07, 6.45) is 27.9. The maximum absolute atomic E-state index is 13.0. The van der Waals surface area contributed by atoms with Gasteiger partial charge in [0, 0.05) is 0 Å². The molecule has 0 saturated carbocycles. The molecule has 0 rings (SSSR count). The van der Waals surface area contributed by atoms with E-state index in [4.69, 9.17) is 9.22 Å². The van der Waals surface area contributed by atoms with E-state index < -0.39 is 19.6 Å². The van der Waals surface area contributed by atoms with E-state index in [2.05, 4.69) is 27.7 Å². The molecule has 0 fully saturated rings. The van der Waals surface area contributed by atoms with Crippen LogP contribution in [-0.2, 0) is 23.6 Å². The van der Waals surface area contributed by atoms with E-state index in [0.717, 1.165) is 116 Å². The maximum atomic E-state index is 13.0. The Labute approximate surface area is 272 Å². The van der Waals surface area contributed by atoms with Crippen LogP contribution in [0.2, 0.25) is 4.44 Å². The predicted molar refractivity (Wildman–Crippen MR) is 181 cm³/mol. The summed E-state index contributed by atoms with van der Waals surface area (Å²) in [6.45, 7) is 8.74. The van der Waals surface area contributed by atoms with Crippen molar-refractivity contribution in [3.63, 3.8) is 0 Å². The van der Waals surface area contributed by atoms with E-state index >= 15 is 0 Å². The summed E-state index contributed by atoms with van der Waals surface area (Å²) in [7, 11) is 0. The average molecular weight is 718 g/mol. The van der Waals surface area contributed by atoms with Crippen LogP contribution in [0.5, 0.6) is 0 Å². The summed E-state index contributed by atoms with van der Waals surface area (Å²) in [5.74, 6) is -1.11. The van der Waals surface area contributed by atoms with Crippen LogP contribution in [0.25, 0.3) is 0 Å². The van der Waals surface area contributed by atoms with Crippen LogP contribution in [0, 0.1) is 0 Å². The number of carbonyl (C=O) groups is 3. The van der Waals surface area contributed by atoms with Crippen LogP contribution in [0.1, 0.15) is 207 Å². The third-order valence-electron chi connectivity index (χ3n) is 8.10. The fourth-order valence-electron chi connectivity index (χ4n) is 5.34. The van der Waals surface area contributed by atoms with Crippen molar-refractivity contribution in [2.75, 3.05) is 0 Å². The quantitative estimate of drug-likeness (QED) is 0.0509. The summed E-state index contributed by atoms with van der Waals surface area (Å²) in [4.78, 5) is 39.1. The van der Waals surface area contributed by atoms with Gasteiger partial charge in [0.15, 0.2) is 0 Å². The zero-order chi connectivity index (χ0) is 31.9. The molecule has 0 amide bonds. The Hall–Kier alpha value is -0.791. The SMILES string of the molecule is CCCCCCCCCCC[CH2][Sn]([O]C(=O)CCCCCCC)([O]C(=O)CCCCCCC)[O]C(=O)CCCCCCC. The van der Waals surface area contributed by atoms with Crippen molar-refractivity contribution in [2.45, 2.75) is 212 Å². The monoisotopic (exact) mass is 718 g/mol. The Kier molecular flexibility index (Phi) is 30.6. The van der Waals surface area contributed by atoms with Crippen LogP contribution in [0.15, 0.2) is 0 Å². The molecule has 43 heavy (non-hydrogen) atoms. The standard InChI is InChI=1S/C12H25.3C8H16O2.Sn/c1-3-5-7-9-11-12-10-8-6-4-2;3*1-2-3-4-5-6-7-8(9)10;/h1,3-12H2,2H3;3*2-7H2,1H3,(H,9,10);/q;;;;+3/p-3. The van der Waals surface area contributed by atoms with Crippen LogP contribution in [0.3, 0.4) is 0 Å². The average Bonchev–Trinajstić information content (AvgIpc) is 2.97. The van der Waals surface area contributed by atoms with Gasteiger partial charge in [-0.2, -0.15) is 0 Å². The molecule has 0 saturated heterocycles. The summed E-state index contributed by atoms with van der Waals surface area (Å²) in [5, 5.41) is 0. The molecule has 0 heterocycles. The molecule has 6 nitrogen and oxygen atoms in total. The molecule has 0 N–H and O–H groups in total. The first-order chi connectivity index (χ1) is 20.9. The molecular formula is C36H70O6Sn. The van der Waals surface area contributed by atoms with Crippen molar-refractivity contribution in [1.82, 2.24) is 0 Å². The van der Waals surface area contributed by atoms with Gasteiger partial charge in [0.1, 0.15) is 0 Å². The van der Waals surface area contributed by atoms with E-state index in [1.165, 1.54) is 44.9 Å². The molecule has 0 spiro atoms. The first kappa shape index (κ1) is 42.2. The zero-order valence-electron chi connectivity index (χ0n) is 29.0. The molecule has 0 atom stereocenters. The molecule has 254 valence electrons. The Morgan fingerprint density at radius 2 is 0.581 bits per heavy atom. The van der Waals surface area contributed by atoms with Gasteiger partial charge in [-0.1, -0.05) is 0 Å². The molecular weight excluding hydrogens is 647 g/mol. The van der Waals surface area contributed by atoms with E-state index in [9.17, 15) is 14.4 Å². The number of hydrogen-bond donors (Lipinski definition) is 0. The van der Waals surface area contributed by atoms with Gasteiger partial charge in [-0.3, -0.25) is 0 Å². The predicted octanol–water partition coefficient (Wildman–Crippen LogP) is 11.6. The van der Waals surface area contributed by atoms with E-state index in [1.807, 2.05) is 0 Å². The fourth-order valence-corrected chi connectivity index (χ4v) is 12.4. The third-order valence-corrected chi connectivity index (χ3v) is 15.5. The molecule has 7 heteroatoms. The summed E-state index contributed by atoms with van der Waals surface area (Å²) < 4.78 is 18.5. The molecule has 0 aliphatic rings. The van der Waals surface area contributed by atoms with Gasteiger partial charge in [-0.15, -0.1) is 0 Å². The van der Waals surface area contributed by atoms with Gasteiger partial charge in [-0.25, -0.2) is 0 Å². The van der Waals surface area contributed by atoms with Crippen molar-refractivity contribution < 1.29 is 23.6 Å². The zero-order valence-corrected chi connectivity index (χ0v) is 31.8. The fraction of sp³-hybridized carbons (Fsp3) is 0.917. The van der Waals surface area contributed by atoms with Gasteiger partial charge in [0.05, 0.1) is 0 Å². The van der Waals surface area contributed by atoms with Crippen molar-refractivity contribution >= 4 is 37.5 Å². The Balaban J connectivity index is 5.32. The second-order valence-electron chi connectivity index (χ2n) is 12.5. The van der Waals surface area contributed by atoms with Gasteiger partial charge in [0.25, 0.3) is 0 Å². The first-order valence-electron chi connectivity index (χ1n) is 18.6. The number of rotatable bonds is 32. The Morgan fingerprint density at radius 3 is 0.860 bits per heavy atom. The van der Waals surface area contributed by atoms with Crippen molar-refractivity contribution in [2.24, 2.45) is 0 Å². The second-order valence-corrected chi connectivity index (χ2v) is 19.6. The number of hydrogen-bond acceptors (Lipinski definition) is 6. The van der Waals surface area contributed by atoms with Crippen molar-refractivity contribution in [3.05, 3.63) is 0 Å². The Morgan fingerprint density at radius 1 is 0.349 bits per heavy atom. The minimum absolute atomic E-state index is 0.281. The first-order valence-corrected chi connectivity index (χ1v) is 24.1. The number of unbranched alkanes of at least 4 members (excludes halogenated alkanes) is 21. The third kappa shape index (κ3) is 27.3. The molecule has 0 aliphatic heterocycles. The molecule has 0 unspecified atom stereocenters. The minimum atomic E-state index is -4.82. The summed E-state index contributed by atoms with van der Waals surface area (Å²) >= 11 is -4.82. The topological polar surface area (TPSA) is 78.9 Å². The van der Waals surface area contributed by atoms with Crippen LogP contribution < -0.4 is 0 Å². The van der Waals surface area contributed by atoms with Crippen LogP contribution >= 0.6 is 0 Å². The van der Waals surface area contributed by atoms with Crippen molar-refractivity contribution in [3.8, 4) is 0 Å². The molecule has 0 aromatic heterocycles. The molecule has 0 aliphatic carbocycles. The molecule has 0 bridgehead atoms. The Bertz CT molecular complexity index is 599. The molecule has 0 aromatic carbocycles. The van der Waals surface area contributed by atoms with E-state index in [1.54, 1.807) is 0 Å². The molecule has 0 aromatic rings. The van der Waals surface area contributed by atoms with Crippen LogP contribution in [-0.4, -0.2) is 37.5 Å². The van der Waals surface area contributed by atoms with Crippen LogP contribution in [0.4, 0.5) is 0 Å². The van der Waals surface area contributed by atoms with E-state index in [0.29, 0.717) is 4.44 Å². The summed E-state index contributed by atoms with van der Waals surface area (Å²) in [6, 6.07) is 0. The second kappa shape index (κ2) is 31.2. The molecule has 0 radical (unpaired) electrons. The van der Waals surface area contributed by atoms with Crippen molar-refractivity contribution in [1.29, 1.82) is 0 Å². The normalized spacial score (nSPS) is 11.4. The van der Waals surface area contributed by atoms with Gasteiger partial charge in [0.2, 0.25) is 0 Å². The van der Waals surface area contributed by atoms with E-state index in [-0.39, 0.29) is 37.2 Å². The van der Waals surface area contributed by atoms with Gasteiger partial charge in [-0.05, 0) is 0 Å². The number of carbonyl (C=O) groups excluding carboxylic acids is 3. The van der Waals surface area contributed by atoms with Gasteiger partial charge < -0.3 is 0 Å². The van der Waals surface area contributed by atoms with Gasteiger partial charge >= 0.3 is 273 Å². The summed E-state index contributed by atoms with van der Waals surface area (Å²) in [5.41, 5.74) is 0.